The van der Waals surface area contributed by atoms with Crippen LogP contribution in [0.5, 0.6) is 0 Å². The van der Waals surface area contributed by atoms with Gasteiger partial charge in [-0.2, -0.15) is 0 Å². The Morgan fingerprint density at radius 1 is 0.957 bits per heavy atom. The van der Waals surface area contributed by atoms with Crippen molar-refractivity contribution in [1.29, 1.82) is 0 Å². The van der Waals surface area contributed by atoms with Crippen molar-refractivity contribution in [3.63, 3.8) is 0 Å². The Labute approximate surface area is 142 Å². The number of nitrogens with one attached hydrogen (secondary N) is 1. The number of rotatable bonds is 4. The molecule has 4 aromatic rings. The maximum atomic E-state index is 4.46. The van der Waals surface area contributed by atoms with E-state index < -0.39 is 0 Å². The number of nitrogens with zero attached hydrogens (tertiary/aromatic N) is 2. The molecule has 0 aliphatic rings. The van der Waals surface area contributed by atoms with Crippen LogP contribution in [0.3, 0.4) is 0 Å². The molecule has 23 heavy (non-hydrogen) atoms. The van der Waals surface area contributed by atoms with Gasteiger partial charge in [-0.05, 0) is 35.4 Å². The summed E-state index contributed by atoms with van der Waals surface area (Å²) in [4.78, 5) is 11.1. The van der Waals surface area contributed by atoms with Gasteiger partial charge in [0.25, 0.3) is 0 Å². The fourth-order valence-corrected chi connectivity index (χ4v) is 4.11. The van der Waals surface area contributed by atoms with E-state index in [1.807, 2.05) is 0 Å². The van der Waals surface area contributed by atoms with Gasteiger partial charge >= 0.3 is 0 Å². The molecule has 3 nitrogen and oxygen atoms in total. The topological polar surface area (TPSA) is 37.8 Å². The molecule has 1 atom stereocenters. The van der Waals surface area contributed by atoms with Crippen LogP contribution in [-0.2, 0) is 0 Å². The van der Waals surface area contributed by atoms with E-state index in [0.717, 1.165) is 16.0 Å². The fourth-order valence-electron chi connectivity index (χ4n) is 2.57. The highest BCUT2D eigenvalue weighted by Crippen LogP contribution is 2.32. The second-order valence-corrected chi connectivity index (χ2v) is 7.24. The van der Waals surface area contributed by atoms with Crippen LogP contribution < -0.4 is 5.32 Å². The van der Waals surface area contributed by atoms with Crippen LogP contribution in [0.25, 0.3) is 10.2 Å². The van der Waals surface area contributed by atoms with Gasteiger partial charge in [0, 0.05) is 4.88 Å². The first-order valence-corrected chi connectivity index (χ1v) is 9.12. The van der Waals surface area contributed by atoms with Gasteiger partial charge in [0.2, 0.25) is 0 Å². The molecule has 0 unspecified atom stereocenters. The molecule has 1 N–H and O–H groups in total. The van der Waals surface area contributed by atoms with Gasteiger partial charge in [-0.15, -0.1) is 22.7 Å². The van der Waals surface area contributed by atoms with Crippen LogP contribution in [-0.4, -0.2) is 9.97 Å². The molecule has 0 bridgehead atoms. The van der Waals surface area contributed by atoms with Crippen molar-refractivity contribution in [3.8, 4) is 0 Å². The predicted octanol–water partition coefficient (Wildman–Crippen LogP) is 5.26. The van der Waals surface area contributed by atoms with Crippen molar-refractivity contribution in [1.82, 2.24) is 9.97 Å². The minimum atomic E-state index is 0.0913. The summed E-state index contributed by atoms with van der Waals surface area (Å²) in [5.74, 6) is 0.884. The maximum absolute atomic E-state index is 4.46. The highest BCUT2D eigenvalue weighted by molar-refractivity contribution is 7.16. The van der Waals surface area contributed by atoms with Crippen molar-refractivity contribution in [3.05, 3.63) is 75.6 Å². The van der Waals surface area contributed by atoms with E-state index in [2.05, 4.69) is 75.4 Å². The zero-order valence-electron chi connectivity index (χ0n) is 12.6. The number of thiophene rings is 2. The molecule has 3 heterocycles. The van der Waals surface area contributed by atoms with E-state index in [1.54, 1.807) is 29.0 Å². The lowest BCUT2D eigenvalue weighted by Gasteiger charge is -2.19. The van der Waals surface area contributed by atoms with Gasteiger partial charge < -0.3 is 5.32 Å². The van der Waals surface area contributed by atoms with Crippen molar-refractivity contribution < 1.29 is 0 Å². The smallest absolute Gasteiger partial charge is 0.138 e. The average Bonchev–Trinajstić information content (AvgIpc) is 3.25. The van der Waals surface area contributed by atoms with E-state index in [9.17, 15) is 0 Å². The summed E-state index contributed by atoms with van der Waals surface area (Å²) in [6, 6.07) is 15.1. The van der Waals surface area contributed by atoms with E-state index in [-0.39, 0.29) is 6.04 Å². The van der Waals surface area contributed by atoms with Crippen LogP contribution >= 0.6 is 22.7 Å². The molecule has 0 aliphatic carbocycles. The Morgan fingerprint density at radius 3 is 2.61 bits per heavy atom. The van der Waals surface area contributed by atoms with Crippen molar-refractivity contribution in [2.24, 2.45) is 0 Å². The summed E-state index contributed by atoms with van der Waals surface area (Å²) >= 11 is 3.39. The van der Waals surface area contributed by atoms with Gasteiger partial charge in [-0.25, -0.2) is 9.97 Å². The number of aromatic nitrogens is 2. The lowest BCUT2D eigenvalue weighted by molar-refractivity contribution is 0.950. The molecule has 0 saturated carbocycles. The van der Waals surface area contributed by atoms with Gasteiger partial charge in [0.05, 0.1) is 11.4 Å². The number of hydrogen-bond donors (Lipinski definition) is 1. The summed E-state index contributed by atoms with van der Waals surface area (Å²) in [6.45, 7) is 2.11. The third-order valence-corrected chi connectivity index (χ3v) is 5.54. The third-order valence-electron chi connectivity index (χ3n) is 3.78. The van der Waals surface area contributed by atoms with E-state index >= 15 is 0 Å². The lowest BCUT2D eigenvalue weighted by Crippen LogP contribution is -2.12. The summed E-state index contributed by atoms with van der Waals surface area (Å²) in [6.07, 6.45) is 1.63. The largest absolute Gasteiger partial charge is 0.358 e. The Balaban J connectivity index is 1.77. The molecule has 114 valence electrons. The molecule has 4 rings (SSSR count). The van der Waals surface area contributed by atoms with Gasteiger partial charge in [-0.3, -0.25) is 0 Å². The first-order chi connectivity index (χ1) is 11.3. The fraction of sp³-hybridized carbons (Fsp3) is 0.111. The van der Waals surface area contributed by atoms with E-state index in [4.69, 9.17) is 0 Å². The highest BCUT2D eigenvalue weighted by Gasteiger charge is 2.17. The number of aryl methyl sites for hydroxylation is 1. The van der Waals surface area contributed by atoms with Crippen LogP contribution in [0.1, 0.15) is 22.0 Å². The lowest BCUT2D eigenvalue weighted by atomic mass is 10.0. The summed E-state index contributed by atoms with van der Waals surface area (Å²) in [5, 5.41) is 8.85. The summed E-state index contributed by atoms with van der Waals surface area (Å²) in [5.41, 5.74) is 2.50. The van der Waals surface area contributed by atoms with Gasteiger partial charge in [-0.1, -0.05) is 35.9 Å². The molecule has 0 saturated heterocycles. The molecule has 3 aromatic heterocycles. The second-order valence-electron chi connectivity index (χ2n) is 5.37. The van der Waals surface area contributed by atoms with Gasteiger partial charge in [0.15, 0.2) is 0 Å². The van der Waals surface area contributed by atoms with Crippen molar-refractivity contribution >= 4 is 38.7 Å². The Kier molecular flexibility index (Phi) is 3.81. The van der Waals surface area contributed by atoms with Crippen LogP contribution in [0, 0.1) is 6.92 Å². The first kappa shape index (κ1) is 14.4. The van der Waals surface area contributed by atoms with E-state index in [1.165, 1.54) is 16.0 Å². The molecule has 0 aliphatic heterocycles. The monoisotopic (exact) mass is 337 g/mol. The minimum Gasteiger partial charge on any atom is -0.358 e. The number of hydrogen-bond acceptors (Lipinski definition) is 5. The van der Waals surface area contributed by atoms with Crippen molar-refractivity contribution in [2.75, 3.05) is 5.32 Å². The van der Waals surface area contributed by atoms with Crippen LogP contribution in [0.4, 0.5) is 5.82 Å². The molecule has 0 amide bonds. The van der Waals surface area contributed by atoms with E-state index in [0.29, 0.717) is 0 Å². The maximum Gasteiger partial charge on any atom is 0.138 e. The number of fused-ring (bicyclic) bond motifs is 1. The Morgan fingerprint density at radius 2 is 1.83 bits per heavy atom. The molecular formula is C18H15N3S2. The van der Waals surface area contributed by atoms with Crippen LogP contribution in [0.2, 0.25) is 0 Å². The quantitative estimate of drug-likeness (QED) is 0.552. The summed E-state index contributed by atoms with van der Waals surface area (Å²) < 4.78 is 0. The standard InChI is InChI=1S/C18H15N3S2/c1-12-4-6-13(7-5-12)16(15-3-2-9-22-15)21-17-14-8-10-23-18(14)20-11-19-17/h2-11,16H,1H3,(H,19,20,21)/t16-/m0/s1. The third kappa shape index (κ3) is 2.85. The van der Waals surface area contributed by atoms with Crippen LogP contribution in [0.15, 0.2) is 59.6 Å². The Hall–Kier alpha value is -2.24. The summed E-state index contributed by atoms with van der Waals surface area (Å²) in [7, 11) is 0. The zero-order valence-corrected chi connectivity index (χ0v) is 14.2. The molecule has 0 fully saturated rings. The molecule has 5 heteroatoms. The predicted molar refractivity (Wildman–Crippen MR) is 98.4 cm³/mol. The normalized spacial score (nSPS) is 12.4. The molecule has 0 spiro atoms. The molecule has 0 radical (unpaired) electrons. The SMILES string of the molecule is Cc1ccc([C@H](Nc2ncnc3sccc23)c2cccs2)cc1. The second kappa shape index (κ2) is 6.10. The van der Waals surface area contributed by atoms with Gasteiger partial charge in [0.1, 0.15) is 17.0 Å². The highest BCUT2D eigenvalue weighted by atomic mass is 32.1. The Bertz CT molecular complexity index is 911. The van der Waals surface area contributed by atoms with Crippen molar-refractivity contribution in [2.45, 2.75) is 13.0 Å². The molecular weight excluding hydrogens is 322 g/mol. The minimum absolute atomic E-state index is 0.0913. The number of benzene rings is 1. The first-order valence-electron chi connectivity index (χ1n) is 7.36. The zero-order chi connectivity index (χ0) is 15.6. The number of anilines is 1. The molecule has 1 aromatic carbocycles. The average molecular weight is 337 g/mol.